The maximum atomic E-state index is 12.5. The van der Waals surface area contributed by atoms with Crippen LogP contribution in [-0.2, 0) is 4.79 Å². The molecule has 1 unspecified atom stereocenters. The Balaban J connectivity index is 1.35. The van der Waals surface area contributed by atoms with E-state index in [1.165, 1.54) is 29.2 Å². The summed E-state index contributed by atoms with van der Waals surface area (Å²) in [5, 5.41) is 7.97. The van der Waals surface area contributed by atoms with Crippen molar-refractivity contribution >= 4 is 17.7 Å². The van der Waals surface area contributed by atoms with Crippen LogP contribution in [0.1, 0.15) is 29.7 Å². The van der Waals surface area contributed by atoms with Gasteiger partial charge in [-0.1, -0.05) is 30.0 Å². The molecule has 1 amide bonds. The Morgan fingerprint density at radius 1 is 1.10 bits per heavy atom. The van der Waals surface area contributed by atoms with Crippen molar-refractivity contribution in [2.75, 3.05) is 5.75 Å². The van der Waals surface area contributed by atoms with Gasteiger partial charge in [0.2, 0.25) is 5.91 Å². The molecule has 1 atom stereocenters. The van der Waals surface area contributed by atoms with E-state index in [0.717, 1.165) is 22.1 Å². The molecule has 2 aromatic heterocycles. The van der Waals surface area contributed by atoms with Crippen molar-refractivity contribution in [3.63, 3.8) is 0 Å². The van der Waals surface area contributed by atoms with Crippen LogP contribution in [0.25, 0.3) is 11.4 Å². The maximum Gasteiger partial charge on any atom is 0.230 e. The van der Waals surface area contributed by atoms with Crippen LogP contribution in [0.5, 0.6) is 0 Å². The van der Waals surface area contributed by atoms with Crippen LogP contribution in [0, 0.1) is 13.8 Å². The third-order valence-corrected chi connectivity index (χ3v) is 6.13. The predicted octanol–water partition coefficient (Wildman–Crippen LogP) is 4.04. The second kappa shape index (κ2) is 9.18. The summed E-state index contributed by atoms with van der Waals surface area (Å²) in [4.78, 5) is 20.9. The van der Waals surface area contributed by atoms with Gasteiger partial charge in [-0.2, -0.15) is 5.10 Å². The first-order valence-corrected chi connectivity index (χ1v) is 11.0. The minimum Gasteiger partial charge on any atom is -0.349 e. The first-order valence-electron chi connectivity index (χ1n) is 9.99. The summed E-state index contributed by atoms with van der Waals surface area (Å²) in [6, 6.07) is 14.1. The highest BCUT2D eigenvalue weighted by molar-refractivity contribution is 7.99. The zero-order valence-corrected chi connectivity index (χ0v) is 18.5. The Morgan fingerprint density at radius 3 is 2.58 bits per heavy atom. The summed E-state index contributed by atoms with van der Waals surface area (Å²) in [5.41, 5.74) is 5.47. The summed E-state index contributed by atoms with van der Waals surface area (Å²) < 4.78 is 3.71. The predicted molar refractivity (Wildman–Crippen MR) is 122 cm³/mol. The Bertz CT molecular complexity index is 1170. The van der Waals surface area contributed by atoms with Gasteiger partial charge in [0.25, 0.3) is 0 Å². The Kier molecular flexibility index (Phi) is 6.18. The minimum absolute atomic E-state index is 0.0347. The number of rotatable bonds is 7. The molecule has 2 heterocycles. The van der Waals surface area contributed by atoms with E-state index in [-0.39, 0.29) is 11.9 Å². The molecule has 0 saturated carbocycles. The van der Waals surface area contributed by atoms with Crippen molar-refractivity contribution in [1.29, 1.82) is 0 Å². The second-order valence-electron chi connectivity index (χ2n) is 7.36. The topological polar surface area (TPSA) is 77.6 Å². The van der Waals surface area contributed by atoms with E-state index in [0.29, 0.717) is 5.75 Å². The first kappa shape index (κ1) is 20.9. The van der Waals surface area contributed by atoms with Crippen LogP contribution >= 0.6 is 11.8 Å². The van der Waals surface area contributed by atoms with Gasteiger partial charge >= 0.3 is 0 Å². The maximum absolute atomic E-state index is 12.5. The molecule has 0 fully saturated rings. The van der Waals surface area contributed by atoms with Gasteiger partial charge in [-0.3, -0.25) is 9.36 Å². The van der Waals surface area contributed by atoms with Crippen molar-refractivity contribution in [2.45, 2.75) is 32.0 Å². The first-order chi connectivity index (χ1) is 15.0. The van der Waals surface area contributed by atoms with Crippen LogP contribution in [0.15, 0.2) is 72.7 Å². The molecule has 2 aromatic carbocycles. The number of benzene rings is 2. The number of carbonyl (C=O) groups is 1. The molecule has 7 nitrogen and oxygen atoms in total. The molecule has 8 heteroatoms. The Hall–Kier alpha value is -3.39. The van der Waals surface area contributed by atoms with Crippen molar-refractivity contribution in [2.24, 2.45) is 0 Å². The second-order valence-corrected chi connectivity index (χ2v) is 8.30. The average molecular weight is 433 g/mol. The van der Waals surface area contributed by atoms with E-state index in [1.807, 2.05) is 42.0 Å². The molecule has 0 aliphatic carbocycles. The van der Waals surface area contributed by atoms with Crippen molar-refractivity contribution in [3.05, 3.63) is 84.2 Å². The number of thioether (sulfide) groups is 1. The molecule has 0 saturated heterocycles. The Morgan fingerprint density at radius 2 is 1.87 bits per heavy atom. The molecular formula is C23H24N6OS. The highest BCUT2D eigenvalue weighted by atomic mass is 32.2. The fourth-order valence-corrected chi connectivity index (χ4v) is 4.01. The minimum atomic E-state index is -0.0996. The zero-order valence-electron chi connectivity index (χ0n) is 17.7. The van der Waals surface area contributed by atoms with Gasteiger partial charge in [0.15, 0.2) is 5.16 Å². The van der Waals surface area contributed by atoms with Crippen molar-refractivity contribution in [3.8, 4) is 11.4 Å². The lowest BCUT2D eigenvalue weighted by Crippen LogP contribution is -2.28. The molecule has 158 valence electrons. The number of nitrogens with zero attached hydrogens (tertiary/aromatic N) is 5. The van der Waals surface area contributed by atoms with E-state index in [9.17, 15) is 4.79 Å². The smallest absolute Gasteiger partial charge is 0.230 e. The average Bonchev–Trinajstić information content (AvgIpc) is 3.46. The van der Waals surface area contributed by atoms with E-state index < -0.39 is 0 Å². The summed E-state index contributed by atoms with van der Waals surface area (Å²) in [6.45, 7) is 6.16. The number of carbonyl (C=O) groups excluding carboxylic acids is 1. The summed E-state index contributed by atoms with van der Waals surface area (Å²) in [6.07, 6.45) is 6.83. The van der Waals surface area contributed by atoms with Crippen LogP contribution in [0.4, 0.5) is 0 Å². The quantitative estimate of drug-likeness (QED) is 0.446. The molecule has 0 bridgehead atoms. The molecule has 0 radical (unpaired) electrons. The van der Waals surface area contributed by atoms with Crippen LogP contribution in [0.2, 0.25) is 0 Å². The fraction of sp³-hybridized carbons (Fsp3) is 0.217. The fourth-order valence-electron chi connectivity index (χ4n) is 3.22. The number of imidazole rings is 1. The monoisotopic (exact) mass is 432 g/mol. The highest BCUT2D eigenvalue weighted by Crippen LogP contribution is 2.22. The molecular weight excluding hydrogens is 408 g/mol. The largest absolute Gasteiger partial charge is 0.349 e. The van der Waals surface area contributed by atoms with Crippen LogP contribution in [-0.4, -0.2) is 36.0 Å². The lowest BCUT2D eigenvalue weighted by atomic mass is 10.1. The number of aromatic nitrogens is 5. The zero-order chi connectivity index (χ0) is 21.8. The van der Waals surface area contributed by atoms with Gasteiger partial charge in [-0.25, -0.2) is 14.6 Å². The van der Waals surface area contributed by atoms with Gasteiger partial charge in [-0.15, -0.1) is 0 Å². The third kappa shape index (κ3) is 4.86. The van der Waals surface area contributed by atoms with E-state index >= 15 is 0 Å². The lowest BCUT2D eigenvalue weighted by molar-refractivity contribution is -0.119. The molecule has 1 N–H and O–H groups in total. The molecule has 4 rings (SSSR count). The van der Waals surface area contributed by atoms with Gasteiger partial charge < -0.3 is 5.32 Å². The number of hydrogen-bond acceptors (Lipinski definition) is 5. The highest BCUT2D eigenvalue weighted by Gasteiger charge is 2.13. The molecule has 31 heavy (non-hydrogen) atoms. The normalized spacial score (nSPS) is 12.0. The number of aryl methyl sites for hydroxylation is 2. The molecule has 0 aliphatic rings. The molecule has 4 aromatic rings. The number of hydrogen-bond donors (Lipinski definition) is 1. The summed E-state index contributed by atoms with van der Waals surface area (Å²) in [7, 11) is 0. The van der Waals surface area contributed by atoms with Crippen molar-refractivity contribution < 1.29 is 4.79 Å². The van der Waals surface area contributed by atoms with E-state index in [2.05, 4.69) is 52.4 Å². The van der Waals surface area contributed by atoms with Gasteiger partial charge in [0.05, 0.1) is 17.5 Å². The van der Waals surface area contributed by atoms with Crippen molar-refractivity contribution in [1.82, 2.24) is 29.6 Å². The van der Waals surface area contributed by atoms with Gasteiger partial charge in [0.1, 0.15) is 12.7 Å². The standard InChI is InChI=1S/C23H24N6OS/c1-16-4-7-21(12-17(16)2)28-11-10-25-23(28)31-13-22(30)27-18(3)19-5-8-20(9-6-19)29-15-24-14-26-29/h4-12,14-15,18H,13H2,1-3H3,(H,27,30). The molecule has 0 spiro atoms. The summed E-state index contributed by atoms with van der Waals surface area (Å²) in [5.74, 6) is 0.260. The van der Waals surface area contributed by atoms with Crippen LogP contribution < -0.4 is 5.32 Å². The van der Waals surface area contributed by atoms with Gasteiger partial charge in [-0.05, 0) is 61.7 Å². The van der Waals surface area contributed by atoms with Crippen LogP contribution in [0.3, 0.4) is 0 Å². The van der Waals surface area contributed by atoms with Gasteiger partial charge in [0, 0.05) is 18.1 Å². The summed E-state index contributed by atoms with van der Waals surface area (Å²) >= 11 is 1.43. The number of amides is 1. The molecule has 0 aliphatic heterocycles. The SMILES string of the molecule is Cc1ccc(-n2ccnc2SCC(=O)NC(C)c2ccc(-n3cncn3)cc2)cc1C. The van der Waals surface area contributed by atoms with E-state index in [1.54, 1.807) is 17.2 Å². The lowest BCUT2D eigenvalue weighted by Gasteiger charge is -2.15. The third-order valence-electron chi connectivity index (χ3n) is 5.16. The van der Waals surface area contributed by atoms with E-state index in [4.69, 9.17) is 0 Å². The number of nitrogens with one attached hydrogen (secondary N) is 1. The Labute approximate surface area is 185 Å².